The third kappa shape index (κ3) is 13.5. The summed E-state index contributed by atoms with van der Waals surface area (Å²) in [6.07, 6.45) is 1.02. The van der Waals surface area contributed by atoms with Crippen LogP contribution < -0.4 is 10.6 Å². The molecule has 4 unspecified atom stereocenters. The minimum Gasteiger partial charge on any atom is -0.458 e. The van der Waals surface area contributed by atoms with Crippen molar-refractivity contribution in [3.8, 4) is 0 Å². The fourth-order valence-corrected chi connectivity index (χ4v) is 5.97. The van der Waals surface area contributed by atoms with Gasteiger partial charge in [0.15, 0.2) is 0 Å². The number of carbonyl (C=O) groups excluding carboxylic acids is 4. The highest BCUT2D eigenvalue weighted by Crippen LogP contribution is 2.30. The summed E-state index contributed by atoms with van der Waals surface area (Å²) < 4.78 is 11.4. The molecule has 3 rings (SSSR count). The molecule has 3 aromatic rings. The Morgan fingerprint density at radius 2 is 1.15 bits per heavy atom. The largest absolute Gasteiger partial charge is 0.458 e. The maximum atomic E-state index is 15.1. The van der Waals surface area contributed by atoms with E-state index >= 15 is 4.79 Å². The van der Waals surface area contributed by atoms with Gasteiger partial charge in [-0.25, -0.2) is 9.59 Å². The Morgan fingerprint density at radius 1 is 0.654 bits per heavy atom. The molecule has 0 aromatic heterocycles. The molecule has 3 amide bonds. The molecule has 9 nitrogen and oxygen atoms in total. The lowest BCUT2D eigenvalue weighted by Crippen LogP contribution is -2.57. The number of benzene rings is 3. The Morgan fingerprint density at radius 3 is 1.65 bits per heavy atom. The van der Waals surface area contributed by atoms with E-state index in [0.29, 0.717) is 17.9 Å². The third-order valence-corrected chi connectivity index (χ3v) is 8.46. The van der Waals surface area contributed by atoms with Crippen LogP contribution in [-0.4, -0.2) is 58.1 Å². The highest BCUT2D eigenvalue weighted by Gasteiger charge is 2.41. The number of hydrogen-bond donors (Lipinski definition) is 2. The van der Waals surface area contributed by atoms with Gasteiger partial charge in [-0.1, -0.05) is 98.8 Å². The molecule has 282 valence electrons. The van der Waals surface area contributed by atoms with E-state index in [2.05, 4.69) is 24.5 Å². The first-order chi connectivity index (χ1) is 24.3. The lowest BCUT2D eigenvalue weighted by Gasteiger charge is -2.40. The van der Waals surface area contributed by atoms with E-state index in [1.165, 1.54) is 0 Å². The molecule has 3 aromatic carbocycles. The number of hydrogen-bond acceptors (Lipinski definition) is 6. The zero-order valence-electron chi connectivity index (χ0n) is 32.7. The number of rotatable bonds is 15. The number of esters is 1. The third-order valence-electron chi connectivity index (χ3n) is 8.46. The zero-order valence-corrected chi connectivity index (χ0v) is 32.7. The minimum absolute atomic E-state index is 0.170. The van der Waals surface area contributed by atoms with Gasteiger partial charge in [0.25, 0.3) is 0 Å². The van der Waals surface area contributed by atoms with Crippen LogP contribution in [0, 0.1) is 12.8 Å². The van der Waals surface area contributed by atoms with Crippen molar-refractivity contribution in [2.75, 3.05) is 0 Å². The summed E-state index contributed by atoms with van der Waals surface area (Å²) in [6, 6.07) is 22.6. The second-order valence-corrected chi connectivity index (χ2v) is 16.0. The van der Waals surface area contributed by atoms with Crippen LogP contribution >= 0.6 is 0 Å². The van der Waals surface area contributed by atoms with Gasteiger partial charge in [-0.3, -0.25) is 9.59 Å². The Hall–Kier alpha value is -4.66. The predicted octanol–water partition coefficient (Wildman–Crippen LogP) is 7.89. The molecular formula is C43H59N3O6. The predicted molar refractivity (Wildman–Crippen MR) is 206 cm³/mol. The van der Waals surface area contributed by atoms with Crippen molar-refractivity contribution < 1.29 is 28.7 Å². The molecule has 0 aliphatic heterocycles. The van der Waals surface area contributed by atoms with Crippen molar-refractivity contribution in [1.29, 1.82) is 0 Å². The van der Waals surface area contributed by atoms with E-state index < -0.39 is 59.2 Å². The first-order valence-corrected chi connectivity index (χ1v) is 18.3. The Labute approximate surface area is 310 Å². The van der Waals surface area contributed by atoms with Gasteiger partial charge in [0.2, 0.25) is 11.8 Å². The molecule has 0 saturated heterocycles. The fourth-order valence-electron chi connectivity index (χ4n) is 5.97. The van der Waals surface area contributed by atoms with E-state index in [-0.39, 0.29) is 12.8 Å². The van der Waals surface area contributed by atoms with Gasteiger partial charge in [-0.05, 0) is 96.4 Å². The van der Waals surface area contributed by atoms with E-state index in [1.54, 1.807) is 46.4 Å². The normalized spacial score (nSPS) is 14.1. The second kappa shape index (κ2) is 18.7. The second-order valence-electron chi connectivity index (χ2n) is 16.0. The van der Waals surface area contributed by atoms with Crippen LogP contribution in [0.15, 0.2) is 84.9 Å². The van der Waals surface area contributed by atoms with Crippen LogP contribution in [0.1, 0.15) is 103 Å². The van der Waals surface area contributed by atoms with E-state index in [9.17, 15) is 14.4 Å². The molecule has 0 heterocycles. The minimum atomic E-state index is -1.14. The molecule has 4 atom stereocenters. The molecule has 0 aliphatic rings. The molecule has 0 bridgehead atoms. The van der Waals surface area contributed by atoms with E-state index in [0.717, 1.165) is 23.1 Å². The summed E-state index contributed by atoms with van der Waals surface area (Å²) in [5.41, 5.74) is 1.49. The molecule has 52 heavy (non-hydrogen) atoms. The van der Waals surface area contributed by atoms with Crippen molar-refractivity contribution in [1.82, 2.24) is 15.5 Å². The highest BCUT2D eigenvalue weighted by atomic mass is 16.6. The van der Waals surface area contributed by atoms with Crippen molar-refractivity contribution in [3.05, 3.63) is 107 Å². The molecule has 0 fully saturated rings. The maximum Gasteiger partial charge on any atom is 0.408 e. The monoisotopic (exact) mass is 713 g/mol. The first kappa shape index (κ1) is 41.8. The number of aryl methyl sites for hydroxylation is 1. The molecule has 9 heteroatoms. The highest BCUT2D eigenvalue weighted by molar-refractivity contribution is 5.94. The summed E-state index contributed by atoms with van der Waals surface area (Å²) in [4.78, 5) is 58.6. The van der Waals surface area contributed by atoms with Gasteiger partial charge in [0.05, 0.1) is 0 Å². The van der Waals surface area contributed by atoms with Gasteiger partial charge >= 0.3 is 12.1 Å². The number of alkyl carbamates (subject to hydrolysis) is 1. The van der Waals surface area contributed by atoms with Crippen LogP contribution in [0.4, 0.5) is 4.79 Å². The molecule has 2 N–H and O–H groups in total. The Bertz CT molecular complexity index is 1610. The van der Waals surface area contributed by atoms with Crippen molar-refractivity contribution in [2.45, 2.75) is 130 Å². The Balaban J connectivity index is 2.18. The number of ether oxygens (including phenoxy) is 2. The van der Waals surface area contributed by atoms with Crippen LogP contribution in [0.3, 0.4) is 0 Å². The topological polar surface area (TPSA) is 114 Å². The lowest BCUT2D eigenvalue weighted by atomic mass is 9.93. The van der Waals surface area contributed by atoms with Crippen LogP contribution in [0.5, 0.6) is 0 Å². The number of nitrogens with one attached hydrogen (secondary N) is 2. The quantitative estimate of drug-likeness (QED) is 0.155. The van der Waals surface area contributed by atoms with Gasteiger partial charge in [0.1, 0.15) is 29.3 Å². The number of amides is 3. The SMILES string of the molecule is Cc1ccccc1C(C(=O)NC(Cc1ccccc1)C(=O)OC(C)(C)C)N(C(=O)C(Cc1ccccc1)NC(=O)OC(C)(C)C)C(C)CCC(C)C. The van der Waals surface area contributed by atoms with Crippen molar-refractivity contribution in [2.24, 2.45) is 5.92 Å². The van der Waals surface area contributed by atoms with Gasteiger partial charge in [-0.15, -0.1) is 0 Å². The van der Waals surface area contributed by atoms with Gasteiger partial charge in [-0.2, -0.15) is 0 Å². The van der Waals surface area contributed by atoms with Crippen molar-refractivity contribution >= 4 is 23.9 Å². The van der Waals surface area contributed by atoms with Gasteiger partial charge < -0.3 is 25.0 Å². The smallest absolute Gasteiger partial charge is 0.408 e. The molecule has 0 saturated carbocycles. The molecule has 0 spiro atoms. The molecular weight excluding hydrogens is 654 g/mol. The van der Waals surface area contributed by atoms with E-state index in [1.807, 2.05) is 98.8 Å². The van der Waals surface area contributed by atoms with E-state index in [4.69, 9.17) is 9.47 Å². The number of nitrogens with zero attached hydrogens (tertiary/aromatic N) is 1. The van der Waals surface area contributed by atoms with Crippen LogP contribution in [0.25, 0.3) is 0 Å². The fraction of sp³-hybridized carbons (Fsp3) is 0.488. The first-order valence-electron chi connectivity index (χ1n) is 18.3. The molecule has 0 aliphatic carbocycles. The maximum absolute atomic E-state index is 15.1. The summed E-state index contributed by atoms with van der Waals surface area (Å²) in [5, 5.41) is 5.85. The lowest BCUT2D eigenvalue weighted by molar-refractivity contribution is -0.159. The summed E-state index contributed by atoms with van der Waals surface area (Å²) in [6.45, 7) is 18.7. The summed E-state index contributed by atoms with van der Waals surface area (Å²) in [5.74, 6) is -1.20. The van der Waals surface area contributed by atoms with Crippen LogP contribution in [-0.2, 0) is 36.7 Å². The molecule has 0 radical (unpaired) electrons. The zero-order chi connectivity index (χ0) is 38.6. The summed E-state index contributed by atoms with van der Waals surface area (Å²) >= 11 is 0. The van der Waals surface area contributed by atoms with Crippen LogP contribution in [0.2, 0.25) is 0 Å². The standard InChI is InChI=1S/C43H59N3O6/c1-29(2)25-26-31(4)46(39(48)35(27-32-20-13-11-14-21-32)45-41(50)52-43(8,9)10)37(34-24-18-17-19-30(34)3)38(47)44-36(40(49)51-42(5,6)7)28-33-22-15-12-16-23-33/h11-24,29,31,35-37H,25-28H2,1-10H3,(H,44,47)(H,45,50). The van der Waals surface area contributed by atoms with Gasteiger partial charge in [0, 0.05) is 18.9 Å². The Kier molecular flexibility index (Phi) is 15.0. The summed E-state index contributed by atoms with van der Waals surface area (Å²) in [7, 11) is 0. The average molecular weight is 714 g/mol. The number of carbonyl (C=O) groups is 4. The average Bonchev–Trinajstić information content (AvgIpc) is 3.05. The van der Waals surface area contributed by atoms with Crippen molar-refractivity contribution in [3.63, 3.8) is 0 Å².